The SMILES string of the molecule is CC1(NCC(=O)N2CC(F)CC2C#N)CCN(C=O)CC1. The van der Waals surface area contributed by atoms with Crippen molar-refractivity contribution in [3.8, 4) is 6.07 Å². The van der Waals surface area contributed by atoms with Gasteiger partial charge in [-0.3, -0.25) is 9.59 Å². The molecule has 6 nitrogen and oxygen atoms in total. The quantitative estimate of drug-likeness (QED) is 0.744. The number of nitriles is 1. The fraction of sp³-hybridized carbons (Fsp3) is 0.786. The molecule has 0 aromatic carbocycles. The zero-order chi connectivity index (χ0) is 15.5. The number of nitrogens with zero attached hydrogens (tertiary/aromatic N) is 3. The van der Waals surface area contributed by atoms with Crippen molar-refractivity contribution in [1.82, 2.24) is 15.1 Å². The van der Waals surface area contributed by atoms with E-state index >= 15 is 0 Å². The van der Waals surface area contributed by atoms with Crippen LogP contribution < -0.4 is 5.32 Å². The van der Waals surface area contributed by atoms with E-state index in [1.54, 1.807) is 4.90 Å². The first kappa shape index (κ1) is 15.7. The van der Waals surface area contributed by atoms with Gasteiger partial charge in [-0.2, -0.15) is 5.26 Å². The third-order valence-corrected chi connectivity index (χ3v) is 4.44. The molecule has 7 heteroatoms. The van der Waals surface area contributed by atoms with Gasteiger partial charge in [-0.15, -0.1) is 0 Å². The number of nitrogens with one attached hydrogen (secondary N) is 1. The summed E-state index contributed by atoms with van der Waals surface area (Å²) in [6.45, 7) is 3.46. The predicted molar refractivity (Wildman–Crippen MR) is 73.9 cm³/mol. The molecule has 2 atom stereocenters. The molecule has 2 rings (SSSR count). The first-order valence-electron chi connectivity index (χ1n) is 7.25. The number of piperidine rings is 1. The van der Waals surface area contributed by atoms with Gasteiger partial charge in [-0.05, 0) is 19.8 Å². The van der Waals surface area contributed by atoms with Crippen molar-refractivity contribution < 1.29 is 14.0 Å². The largest absolute Gasteiger partial charge is 0.345 e. The fourth-order valence-electron chi connectivity index (χ4n) is 2.87. The maximum atomic E-state index is 13.3. The predicted octanol–water partition coefficient (Wildman–Crippen LogP) is 0.0495. The summed E-state index contributed by atoms with van der Waals surface area (Å²) in [5.41, 5.74) is -0.202. The lowest BCUT2D eigenvalue weighted by Gasteiger charge is -2.39. The maximum Gasteiger partial charge on any atom is 0.237 e. The second-order valence-electron chi connectivity index (χ2n) is 6.08. The average Bonchev–Trinajstić information content (AvgIpc) is 2.87. The summed E-state index contributed by atoms with van der Waals surface area (Å²) in [4.78, 5) is 25.9. The van der Waals surface area contributed by atoms with Crippen LogP contribution in [0.15, 0.2) is 0 Å². The topological polar surface area (TPSA) is 76.4 Å². The van der Waals surface area contributed by atoms with Crippen LogP contribution in [0.1, 0.15) is 26.2 Å². The normalized spacial score (nSPS) is 28.2. The number of rotatable bonds is 4. The molecule has 2 saturated heterocycles. The van der Waals surface area contributed by atoms with Crippen LogP contribution in [0.25, 0.3) is 0 Å². The molecule has 1 N–H and O–H groups in total. The number of carbonyl (C=O) groups excluding carboxylic acids is 2. The summed E-state index contributed by atoms with van der Waals surface area (Å²) in [6.07, 6.45) is 1.38. The van der Waals surface area contributed by atoms with Crippen molar-refractivity contribution in [3.05, 3.63) is 0 Å². The summed E-state index contributed by atoms with van der Waals surface area (Å²) in [5, 5.41) is 12.2. The molecule has 0 aromatic heterocycles. The molecule has 0 saturated carbocycles. The van der Waals surface area contributed by atoms with Gasteiger partial charge in [0.2, 0.25) is 12.3 Å². The van der Waals surface area contributed by atoms with Gasteiger partial charge in [0.1, 0.15) is 12.2 Å². The second-order valence-corrected chi connectivity index (χ2v) is 6.08. The van der Waals surface area contributed by atoms with Crippen molar-refractivity contribution in [3.63, 3.8) is 0 Å². The molecule has 2 aliphatic rings. The van der Waals surface area contributed by atoms with E-state index in [1.165, 1.54) is 4.90 Å². The van der Waals surface area contributed by atoms with E-state index in [1.807, 2.05) is 13.0 Å². The fourth-order valence-corrected chi connectivity index (χ4v) is 2.87. The zero-order valence-corrected chi connectivity index (χ0v) is 12.2. The number of amides is 2. The number of hydrogen-bond donors (Lipinski definition) is 1. The van der Waals surface area contributed by atoms with Crippen LogP contribution in [-0.2, 0) is 9.59 Å². The van der Waals surface area contributed by atoms with Crippen LogP contribution in [0.3, 0.4) is 0 Å². The van der Waals surface area contributed by atoms with Gasteiger partial charge >= 0.3 is 0 Å². The van der Waals surface area contributed by atoms with E-state index in [0.717, 1.165) is 19.3 Å². The highest BCUT2D eigenvalue weighted by Crippen LogP contribution is 2.22. The molecule has 0 aliphatic carbocycles. The van der Waals surface area contributed by atoms with E-state index in [0.29, 0.717) is 13.1 Å². The highest BCUT2D eigenvalue weighted by molar-refractivity contribution is 5.79. The number of carbonyl (C=O) groups is 2. The van der Waals surface area contributed by atoms with Gasteiger partial charge in [0.25, 0.3) is 0 Å². The summed E-state index contributed by atoms with van der Waals surface area (Å²) in [6, 6.07) is 1.32. The zero-order valence-electron chi connectivity index (χ0n) is 12.2. The minimum atomic E-state index is -1.11. The van der Waals surface area contributed by atoms with Gasteiger partial charge in [-0.1, -0.05) is 0 Å². The first-order chi connectivity index (χ1) is 9.97. The number of alkyl halides is 1. The molecule has 0 aromatic rings. The van der Waals surface area contributed by atoms with Crippen molar-refractivity contribution in [1.29, 1.82) is 5.26 Å². The summed E-state index contributed by atoms with van der Waals surface area (Å²) in [7, 11) is 0. The Balaban J connectivity index is 1.84. The van der Waals surface area contributed by atoms with Gasteiger partial charge in [0, 0.05) is 25.0 Å². The Morgan fingerprint density at radius 2 is 2.19 bits per heavy atom. The van der Waals surface area contributed by atoms with Crippen molar-refractivity contribution in [2.75, 3.05) is 26.2 Å². The van der Waals surface area contributed by atoms with E-state index in [2.05, 4.69) is 5.32 Å². The molecule has 21 heavy (non-hydrogen) atoms. The molecular formula is C14H21FN4O2. The standard InChI is InChI=1S/C14H21FN4O2/c1-14(2-4-18(10-20)5-3-14)17-8-13(21)19-9-11(15)6-12(19)7-16/h10-12,17H,2-6,8-9H2,1H3. The van der Waals surface area contributed by atoms with E-state index in [4.69, 9.17) is 5.26 Å². The molecule has 2 heterocycles. The molecule has 2 fully saturated rings. The highest BCUT2D eigenvalue weighted by Gasteiger charge is 2.36. The summed E-state index contributed by atoms with van der Waals surface area (Å²) >= 11 is 0. The Labute approximate surface area is 123 Å². The van der Waals surface area contributed by atoms with Gasteiger partial charge in [-0.25, -0.2) is 4.39 Å². The molecular weight excluding hydrogens is 275 g/mol. The smallest absolute Gasteiger partial charge is 0.237 e. The Hall–Kier alpha value is -1.68. The molecule has 2 aliphatic heterocycles. The Kier molecular flexibility index (Phi) is 4.78. The van der Waals surface area contributed by atoms with E-state index in [-0.39, 0.29) is 31.0 Å². The number of halogens is 1. The lowest BCUT2D eigenvalue weighted by Crippen LogP contribution is -2.54. The summed E-state index contributed by atoms with van der Waals surface area (Å²) in [5.74, 6) is -0.235. The van der Waals surface area contributed by atoms with Crippen LogP contribution in [0.5, 0.6) is 0 Å². The van der Waals surface area contributed by atoms with Gasteiger partial charge in [0.15, 0.2) is 0 Å². The third kappa shape index (κ3) is 3.70. The van der Waals surface area contributed by atoms with Crippen LogP contribution in [0, 0.1) is 11.3 Å². The molecule has 0 radical (unpaired) electrons. The van der Waals surface area contributed by atoms with Crippen molar-refractivity contribution >= 4 is 12.3 Å². The Morgan fingerprint density at radius 3 is 2.76 bits per heavy atom. The van der Waals surface area contributed by atoms with Gasteiger partial charge < -0.3 is 15.1 Å². The molecule has 0 spiro atoms. The monoisotopic (exact) mass is 296 g/mol. The van der Waals surface area contributed by atoms with Crippen LogP contribution in [-0.4, -0.2) is 66.0 Å². The molecule has 2 unspecified atom stereocenters. The first-order valence-corrected chi connectivity index (χ1v) is 7.25. The average molecular weight is 296 g/mol. The van der Waals surface area contributed by atoms with E-state index in [9.17, 15) is 14.0 Å². The molecule has 116 valence electrons. The second kappa shape index (κ2) is 6.39. The van der Waals surface area contributed by atoms with Crippen molar-refractivity contribution in [2.45, 2.75) is 43.9 Å². The van der Waals surface area contributed by atoms with Crippen LogP contribution in [0.4, 0.5) is 4.39 Å². The number of hydrogen-bond acceptors (Lipinski definition) is 4. The maximum absolute atomic E-state index is 13.3. The Morgan fingerprint density at radius 1 is 1.52 bits per heavy atom. The minimum absolute atomic E-state index is 0.00831. The lowest BCUT2D eigenvalue weighted by atomic mass is 9.90. The molecule has 2 amide bonds. The van der Waals surface area contributed by atoms with Crippen molar-refractivity contribution in [2.24, 2.45) is 0 Å². The number of likely N-dealkylation sites (tertiary alicyclic amines) is 2. The van der Waals surface area contributed by atoms with Gasteiger partial charge in [0.05, 0.1) is 19.2 Å². The van der Waals surface area contributed by atoms with E-state index < -0.39 is 12.2 Å². The van der Waals surface area contributed by atoms with Crippen LogP contribution in [0.2, 0.25) is 0 Å². The van der Waals surface area contributed by atoms with Crippen LogP contribution >= 0.6 is 0 Å². The molecule has 0 bridgehead atoms. The highest BCUT2D eigenvalue weighted by atomic mass is 19.1. The lowest BCUT2D eigenvalue weighted by molar-refractivity contribution is -0.131. The third-order valence-electron chi connectivity index (χ3n) is 4.44. The minimum Gasteiger partial charge on any atom is -0.345 e. The Bertz CT molecular complexity index is 443. The summed E-state index contributed by atoms with van der Waals surface area (Å²) < 4.78 is 13.3.